The van der Waals surface area contributed by atoms with E-state index in [0.717, 1.165) is 51.0 Å². The third kappa shape index (κ3) is 6.85. The molecule has 2 fully saturated rings. The molecule has 6 heteroatoms. The first-order chi connectivity index (χ1) is 10.7. The Hall–Kier alpha value is -0.530. The number of carbonyl (C=O) groups excluding carboxylic acids is 1. The summed E-state index contributed by atoms with van der Waals surface area (Å²) < 4.78 is 0. The van der Waals surface area contributed by atoms with Crippen LogP contribution >= 0.6 is 24.0 Å². The lowest BCUT2D eigenvalue weighted by molar-refractivity contribution is -0.128. The minimum atomic E-state index is 0. The van der Waals surface area contributed by atoms with E-state index in [1.165, 1.54) is 38.5 Å². The van der Waals surface area contributed by atoms with Crippen molar-refractivity contribution in [1.82, 2.24) is 15.1 Å². The molecule has 2 rings (SSSR count). The lowest BCUT2D eigenvalue weighted by atomic mass is 10.0. The van der Waals surface area contributed by atoms with E-state index in [2.05, 4.69) is 15.2 Å². The van der Waals surface area contributed by atoms with Gasteiger partial charge in [0.2, 0.25) is 5.91 Å². The normalized spacial score (nSPS) is 20.2. The number of amides is 1. The number of halogens is 1. The van der Waals surface area contributed by atoms with Crippen LogP contribution in [0.4, 0.5) is 0 Å². The molecule has 0 aromatic carbocycles. The Morgan fingerprint density at radius 3 is 2.39 bits per heavy atom. The number of nitrogens with one attached hydrogen (secondary N) is 1. The van der Waals surface area contributed by atoms with Crippen molar-refractivity contribution in [2.45, 2.75) is 51.9 Å². The van der Waals surface area contributed by atoms with Crippen molar-refractivity contribution < 1.29 is 4.79 Å². The third-order valence-corrected chi connectivity index (χ3v) is 5.00. The van der Waals surface area contributed by atoms with E-state index >= 15 is 0 Å². The van der Waals surface area contributed by atoms with Crippen LogP contribution in [0, 0.1) is 5.92 Å². The summed E-state index contributed by atoms with van der Waals surface area (Å²) in [6.07, 6.45) is 9.32. The molecule has 0 bridgehead atoms. The molecule has 0 aromatic rings. The first-order valence-electron chi connectivity index (χ1n) is 8.92. The Bertz CT molecular complexity index is 383. The van der Waals surface area contributed by atoms with Gasteiger partial charge in [0, 0.05) is 46.7 Å². The molecule has 1 saturated heterocycles. The van der Waals surface area contributed by atoms with Gasteiger partial charge in [0.1, 0.15) is 0 Å². The molecule has 1 heterocycles. The number of hydrogen-bond donors (Lipinski definition) is 1. The average molecular weight is 436 g/mol. The van der Waals surface area contributed by atoms with Crippen LogP contribution in [0.3, 0.4) is 0 Å². The lowest BCUT2D eigenvalue weighted by Crippen LogP contribution is -2.44. The summed E-state index contributed by atoms with van der Waals surface area (Å²) in [7, 11) is 1.85. The summed E-state index contributed by atoms with van der Waals surface area (Å²) in [5.41, 5.74) is 0. The summed E-state index contributed by atoms with van der Waals surface area (Å²) in [4.78, 5) is 20.1. The molecular formula is C17H33IN4O. The largest absolute Gasteiger partial charge is 0.356 e. The monoisotopic (exact) mass is 436 g/mol. The molecular weight excluding hydrogens is 403 g/mol. The second-order valence-corrected chi connectivity index (χ2v) is 6.61. The molecule has 1 amide bonds. The summed E-state index contributed by atoms with van der Waals surface area (Å²) in [6, 6.07) is 0. The summed E-state index contributed by atoms with van der Waals surface area (Å²) >= 11 is 0. The Morgan fingerprint density at radius 1 is 1.09 bits per heavy atom. The summed E-state index contributed by atoms with van der Waals surface area (Å²) in [5.74, 6) is 2.14. The van der Waals surface area contributed by atoms with Gasteiger partial charge in [0.15, 0.2) is 5.96 Å². The predicted molar refractivity (Wildman–Crippen MR) is 106 cm³/mol. The van der Waals surface area contributed by atoms with Gasteiger partial charge in [-0.05, 0) is 25.2 Å². The van der Waals surface area contributed by atoms with Crippen LogP contribution < -0.4 is 5.32 Å². The summed E-state index contributed by atoms with van der Waals surface area (Å²) in [6.45, 7) is 6.19. The fraction of sp³-hybridized carbons (Fsp3) is 0.882. The quantitative estimate of drug-likeness (QED) is 0.319. The fourth-order valence-electron chi connectivity index (χ4n) is 3.67. The van der Waals surface area contributed by atoms with Gasteiger partial charge in [-0.3, -0.25) is 9.79 Å². The first-order valence-corrected chi connectivity index (χ1v) is 8.92. The molecule has 5 nitrogen and oxygen atoms in total. The average Bonchev–Trinajstić information content (AvgIpc) is 2.90. The molecule has 1 saturated carbocycles. The predicted octanol–water partition coefficient (Wildman–Crippen LogP) is 2.70. The maximum Gasteiger partial charge on any atom is 0.219 e. The van der Waals surface area contributed by atoms with Crippen LogP contribution in [0.5, 0.6) is 0 Å². The summed E-state index contributed by atoms with van der Waals surface area (Å²) in [5, 5.41) is 3.51. The van der Waals surface area contributed by atoms with E-state index < -0.39 is 0 Å². The molecule has 0 unspecified atom stereocenters. The van der Waals surface area contributed by atoms with E-state index in [4.69, 9.17) is 0 Å². The highest BCUT2D eigenvalue weighted by Crippen LogP contribution is 2.28. The highest BCUT2D eigenvalue weighted by atomic mass is 127. The minimum Gasteiger partial charge on any atom is -0.356 e. The zero-order valence-electron chi connectivity index (χ0n) is 14.7. The number of aliphatic imine (C=N–C) groups is 1. The van der Waals surface area contributed by atoms with Crippen LogP contribution in [0.2, 0.25) is 0 Å². The molecule has 1 aliphatic heterocycles. The maximum absolute atomic E-state index is 11.5. The zero-order valence-corrected chi connectivity index (χ0v) is 17.1. The van der Waals surface area contributed by atoms with Crippen molar-refractivity contribution in [3.05, 3.63) is 0 Å². The zero-order chi connectivity index (χ0) is 15.8. The molecule has 0 atom stereocenters. The molecule has 134 valence electrons. The van der Waals surface area contributed by atoms with E-state index in [1.807, 2.05) is 11.9 Å². The standard InChI is InChI=1S/C17H32N4O.HI/c1-15(22)20-11-6-12-21(14-13-20)17(18-2)19-10-5-9-16-7-3-4-8-16;/h16H,3-14H2,1-2H3,(H,18,19);1H. The van der Waals surface area contributed by atoms with Gasteiger partial charge in [-0.2, -0.15) is 0 Å². The number of nitrogens with zero attached hydrogens (tertiary/aromatic N) is 3. The smallest absolute Gasteiger partial charge is 0.219 e. The first kappa shape index (κ1) is 20.5. The molecule has 23 heavy (non-hydrogen) atoms. The maximum atomic E-state index is 11.5. The molecule has 1 N–H and O–H groups in total. The topological polar surface area (TPSA) is 47.9 Å². The fourth-order valence-corrected chi connectivity index (χ4v) is 3.67. The Labute approximate surface area is 158 Å². The van der Waals surface area contributed by atoms with Crippen molar-refractivity contribution in [3.8, 4) is 0 Å². The number of guanidine groups is 1. The van der Waals surface area contributed by atoms with Crippen LogP contribution in [0.1, 0.15) is 51.9 Å². The number of hydrogen-bond acceptors (Lipinski definition) is 2. The second-order valence-electron chi connectivity index (χ2n) is 6.61. The SMILES string of the molecule is CN=C(NCCCC1CCCC1)N1CCCN(C(C)=O)CC1.I. The lowest BCUT2D eigenvalue weighted by Gasteiger charge is -2.25. The van der Waals surface area contributed by atoms with Crippen molar-refractivity contribution in [2.75, 3.05) is 39.8 Å². The Morgan fingerprint density at radius 2 is 1.74 bits per heavy atom. The van der Waals surface area contributed by atoms with E-state index in [1.54, 1.807) is 6.92 Å². The Balaban J connectivity index is 0.00000264. The molecule has 1 aliphatic carbocycles. The Kier molecular flexibility index (Phi) is 9.90. The van der Waals surface area contributed by atoms with Gasteiger partial charge in [-0.15, -0.1) is 24.0 Å². The van der Waals surface area contributed by atoms with Crippen molar-refractivity contribution >= 4 is 35.8 Å². The van der Waals surface area contributed by atoms with Crippen LogP contribution in [-0.4, -0.2) is 61.4 Å². The van der Waals surface area contributed by atoms with Gasteiger partial charge >= 0.3 is 0 Å². The molecule has 0 aromatic heterocycles. The van der Waals surface area contributed by atoms with Gasteiger partial charge < -0.3 is 15.1 Å². The van der Waals surface area contributed by atoms with Crippen molar-refractivity contribution in [1.29, 1.82) is 0 Å². The van der Waals surface area contributed by atoms with Crippen LogP contribution in [-0.2, 0) is 4.79 Å². The third-order valence-electron chi connectivity index (χ3n) is 5.00. The van der Waals surface area contributed by atoms with Gasteiger partial charge in [0.05, 0.1) is 0 Å². The highest BCUT2D eigenvalue weighted by Gasteiger charge is 2.19. The minimum absolute atomic E-state index is 0. The number of carbonyl (C=O) groups is 1. The second kappa shape index (κ2) is 11.1. The molecule has 2 aliphatic rings. The molecule has 0 spiro atoms. The van der Waals surface area contributed by atoms with E-state index in [-0.39, 0.29) is 29.9 Å². The van der Waals surface area contributed by atoms with Crippen molar-refractivity contribution in [2.24, 2.45) is 10.9 Å². The molecule has 0 radical (unpaired) electrons. The highest BCUT2D eigenvalue weighted by molar-refractivity contribution is 14.0. The van der Waals surface area contributed by atoms with Gasteiger partial charge in [-0.25, -0.2) is 0 Å². The van der Waals surface area contributed by atoms with Crippen molar-refractivity contribution in [3.63, 3.8) is 0 Å². The van der Waals surface area contributed by atoms with Gasteiger partial charge in [-0.1, -0.05) is 25.7 Å². The van der Waals surface area contributed by atoms with E-state index in [0.29, 0.717) is 0 Å². The van der Waals surface area contributed by atoms with Gasteiger partial charge in [0.25, 0.3) is 0 Å². The van der Waals surface area contributed by atoms with Crippen LogP contribution in [0.25, 0.3) is 0 Å². The van der Waals surface area contributed by atoms with E-state index in [9.17, 15) is 4.79 Å². The number of rotatable bonds is 4. The van der Waals surface area contributed by atoms with Crippen LogP contribution in [0.15, 0.2) is 4.99 Å².